The molecule has 2 unspecified atom stereocenters. The minimum absolute atomic E-state index is 0.220. The van der Waals surface area contributed by atoms with Crippen molar-refractivity contribution in [3.05, 3.63) is 35.9 Å². The fourth-order valence-corrected chi connectivity index (χ4v) is 2.63. The standard InChI is InChI=1S/C13H15F3O/c1-11(10-5-3-2-4-6-10)7-8-12(17,9-11)13(14,15)16/h2-6,17H,7-9H2,1H3. The number of aliphatic hydroxyl groups is 1. The summed E-state index contributed by atoms with van der Waals surface area (Å²) in [7, 11) is 0. The lowest BCUT2D eigenvalue weighted by Crippen LogP contribution is -2.43. The van der Waals surface area contributed by atoms with Crippen LogP contribution in [-0.4, -0.2) is 16.9 Å². The molecule has 1 aliphatic carbocycles. The van der Waals surface area contributed by atoms with E-state index < -0.39 is 17.2 Å². The first-order valence-corrected chi connectivity index (χ1v) is 5.62. The summed E-state index contributed by atoms with van der Waals surface area (Å²) in [4.78, 5) is 0. The zero-order valence-electron chi connectivity index (χ0n) is 9.59. The largest absolute Gasteiger partial charge is 0.417 e. The van der Waals surface area contributed by atoms with Gasteiger partial charge in [0.2, 0.25) is 0 Å². The van der Waals surface area contributed by atoms with Crippen molar-refractivity contribution in [2.24, 2.45) is 0 Å². The second-order valence-corrected chi connectivity index (χ2v) is 5.13. The highest BCUT2D eigenvalue weighted by Crippen LogP contribution is 2.52. The molecule has 1 fully saturated rings. The Labute approximate surface area is 98.3 Å². The molecule has 4 heteroatoms. The molecule has 17 heavy (non-hydrogen) atoms. The van der Waals surface area contributed by atoms with E-state index in [1.54, 1.807) is 6.92 Å². The van der Waals surface area contributed by atoms with Crippen LogP contribution < -0.4 is 0 Å². The van der Waals surface area contributed by atoms with Crippen LogP contribution in [0, 0.1) is 0 Å². The average Bonchev–Trinajstić information content (AvgIpc) is 2.58. The Bertz CT molecular complexity index is 401. The third-order valence-corrected chi connectivity index (χ3v) is 3.77. The Morgan fingerprint density at radius 1 is 1.12 bits per heavy atom. The number of benzene rings is 1. The SMILES string of the molecule is CC1(c2ccccc2)CCC(O)(C(F)(F)F)C1. The van der Waals surface area contributed by atoms with Crippen LogP contribution in [0.3, 0.4) is 0 Å². The predicted molar refractivity (Wildman–Crippen MR) is 58.6 cm³/mol. The van der Waals surface area contributed by atoms with Crippen LogP contribution in [0.1, 0.15) is 31.7 Å². The van der Waals surface area contributed by atoms with Gasteiger partial charge in [0.05, 0.1) is 0 Å². The minimum atomic E-state index is -4.54. The molecule has 1 saturated carbocycles. The highest BCUT2D eigenvalue weighted by Gasteiger charge is 2.60. The summed E-state index contributed by atoms with van der Waals surface area (Å²) in [6.45, 7) is 1.78. The Morgan fingerprint density at radius 2 is 1.71 bits per heavy atom. The van der Waals surface area contributed by atoms with E-state index in [1.165, 1.54) is 0 Å². The fraction of sp³-hybridized carbons (Fsp3) is 0.538. The molecule has 0 amide bonds. The summed E-state index contributed by atoms with van der Waals surface area (Å²) in [5.41, 5.74) is -2.26. The maximum atomic E-state index is 12.8. The van der Waals surface area contributed by atoms with Crippen molar-refractivity contribution in [2.45, 2.75) is 43.4 Å². The normalized spacial score (nSPS) is 33.9. The lowest BCUT2D eigenvalue weighted by molar-refractivity contribution is -0.258. The van der Waals surface area contributed by atoms with Gasteiger partial charge in [-0.3, -0.25) is 0 Å². The molecular formula is C13H15F3O. The quantitative estimate of drug-likeness (QED) is 0.802. The molecule has 2 rings (SSSR count). The van der Waals surface area contributed by atoms with Gasteiger partial charge < -0.3 is 5.11 Å². The molecule has 0 saturated heterocycles. The van der Waals surface area contributed by atoms with E-state index in [1.807, 2.05) is 30.3 Å². The molecule has 1 aromatic carbocycles. The zero-order valence-corrected chi connectivity index (χ0v) is 9.59. The Hall–Kier alpha value is -1.03. The van der Waals surface area contributed by atoms with Crippen LogP contribution in [-0.2, 0) is 5.41 Å². The Balaban J connectivity index is 2.28. The van der Waals surface area contributed by atoms with Crippen LogP contribution in [0.15, 0.2) is 30.3 Å². The van der Waals surface area contributed by atoms with Gasteiger partial charge in [-0.25, -0.2) is 0 Å². The highest BCUT2D eigenvalue weighted by molar-refractivity contribution is 5.27. The van der Waals surface area contributed by atoms with E-state index in [9.17, 15) is 18.3 Å². The first-order valence-electron chi connectivity index (χ1n) is 5.62. The number of rotatable bonds is 1. The van der Waals surface area contributed by atoms with Crippen LogP contribution in [0.4, 0.5) is 13.2 Å². The van der Waals surface area contributed by atoms with Crippen LogP contribution in [0.25, 0.3) is 0 Å². The Kier molecular flexibility index (Phi) is 2.73. The molecule has 0 aromatic heterocycles. The molecule has 1 nitrogen and oxygen atoms in total. The van der Waals surface area contributed by atoms with Crippen LogP contribution in [0.2, 0.25) is 0 Å². The second-order valence-electron chi connectivity index (χ2n) is 5.13. The molecule has 0 bridgehead atoms. The van der Waals surface area contributed by atoms with Gasteiger partial charge in [0.15, 0.2) is 5.60 Å². The van der Waals surface area contributed by atoms with E-state index in [0.29, 0.717) is 6.42 Å². The van der Waals surface area contributed by atoms with Gasteiger partial charge in [0, 0.05) is 0 Å². The van der Waals surface area contributed by atoms with Gasteiger partial charge in [-0.2, -0.15) is 13.2 Å². The van der Waals surface area contributed by atoms with Crippen molar-refractivity contribution >= 4 is 0 Å². The smallest absolute Gasteiger partial charge is 0.380 e. The summed E-state index contributed by atoms with van der Waals surface area (Å²) in [6.07, 6.45) is -4.66. The number of hydrogen-bond acceptors (Lipinski definition) is 1. The van der Waals surface area contributed by atoms with Crippen molar-refractivity contribution in [3.8, 4) is 0 Å². The third-order valence-electron chi connectivity index (χ3n) is 3.77. The van der Waals surface area contributed by atoms with Crippen molar-refractivity contribution in [2.75, 3.05) is 0 Å². The summed E-state index contributed by atoms with van der Waals surface area (Å²) < 4.78 is 38.3. The summed E-state index contributed by atoms with van der Waals surface area (Å²) in [5.74, 6) is 0. The molecule has 1 N–H and O–H groups in total. The van der Waals surface area contributed by atoms with Gasteiger partial charge in [-0.1, -0.05) is 37.3 Å². The maximum absolute atomic E-state index is 12.8. The lowest BCUT2D eigenvalue weighted by atomic mass is 9.79. The molecule has 94 valence electrons. The van der Waals surface area contributed by atoms with Gasteiger partial charge >= 0.3 is 6.18 Å². The van der Waals surface area contributed by atoms with E-state index in [-0.39, 0.29) is 12.8 Å². The molecular weight excluding hydrogens is 229 g/mol. The van der Waals surface area contributed by atoms with Crippen molar-refractivity contribution < 1.29 is 18.3 Å². The lowest BCUT2D eigenvalue weighted by Gasteiger charge is -2.29. The van der Waals surface area contributed by atoms with E-state index in [4.69, 9.17) is 0 Å². The van der Waals surface area contributed by atoms with Crippen LogP contribution in [0.5, 0.6) is 0 Å². The zero-order chi connectivity index (χ0) is 12.7. The minimum Gasteiger partial charge on any atom is -0.380 e. The molecule has 0 heterocycles. The summed E-state index contributed by atoms with van der Waals surface area (Å²) in [5, 5.41) is 9.70. The summed E-state index contributed by atoms with van der Waals surface area (Å²) >= 11 is 0. The number of halogens is 3. The van der Waals surface area contributed by atoms with Crippen LogP contribution >= 0.6 is 0 Å². The molecule has 2 atom stereocenters. The van der Waals surface area contributed by atoms with Crippen molar-refractivity contribution in [1.82, 2.24) is 0 Å². The average molecular weight is 244 g/mol. The van der Waals surface area contributed by atoms with Gasteiger partial charge in [-0.05, 0) is 30.2 Å². The molecule has 1 aromatic rings. The Morgan fingerprint density at radius 3 is 2.18 bits per heavy atom. The maximum Gasteiger partial charge on any atom is 0.417 e. The molecule has 0 spiro atoms. The van der Waals surface area contributed by atoms with E-state index in [2.05, 4.69) is 0 Å². The first kappa shape index (κ1) is 12.4. The molecule has 0 radical (unpaired) electrons. The monoisotopic (exact) mass is 244 g/mol. The van der Waals surface area contributed by atoms with Gasteiger partial charge in [0.25, 0.3) is 0 Å². The second kappa shape index (κ2) is 3.73. The van der Waals surface area contributed by atoms with E-state index in [0.717, 1.165) is 5.56 Å². The molecule has 0 aliphatic heterocycles. The number of hydrogen-bond donors (Lipinski definition) is 1. The fourth-order valence-electron chi connectivity index (χ4n) is 2.63. The van der Waals surface area contributed by atoms with Gasteiger partial charge in [-0.15, -0.1) is 0 Å². The van der Waals surface area contributed by atoms with Crippen molar-refractivity contribution in [3.63, 3.8) is 0 Å². The van der Waals surface area contributed by atoms with Crippen molar-refractivity contribution in [1.29, 1.82) is 0 Å². The number of alkyl halides is 3. The highest BCUT2D eigenvalue weighted by atomic mass is 19.4. The third kappa shape index (κ3) is 2.06. The first-order chi connectivity index (χ1) is 7.77. The summed E-state index contributed by atoms with van der Waals surface area (Å²) in [6, 6.07) is 9.10. The molecule has 1 aliphatic rings. The van der Waals surface area contributed by atoms with Gasteiger partial charge in [0.1, 0.15) is 0 Å². The topological polar surface area (TPSA) is 20.2 Å². The van der Waals surface area contributed by atoms with E-state index >= 15 is 0 Å². The predicted octanol–water partition coefficient (Wildman–Crippen LogP) is 3.42.